The van der Waals surface area contributed by atoms with E-state index in [1.807, 2.05) is 0 Å². The lowest BCUT2D eigenvalue weighted by atomic mass is 9.99. The Morgan fingerprint density at radius 1 is 1.07 bits per heavy atom. The molecule has 4 rings (SSSR count). The van der Waals surface area contributed by atoms with Crippen LogP contribution in [-0.4, -0.2) is 27.8 Å². The SMILES string of the molecule is O=S(=O)(c1ccc(-c2cc(C(F)(F)F)cc3[nH]ncc23)cc1)n1cccn1. The minimum atomic E-state index is -4.52. The molecule has 0 aliphatic carbocycles. The van der Waals surface area contributed by atoms with Gasteiger partial charge in [-0.05, 0) is 41.5 Å². The summed E-state index contributed by atoms with van der Waals surface area (Å²) in [7, 11) is -3.85. The maximum Gasteiger partial charge on any atom is 0.416 e. The van der Waals surface area contributed by atoms with Gasteiger partial charge in [-0.1, -0.05) is 12.1 Å². The Balaban J connectivity index is 1.82. The first kappa shape index (κ1) is 17.3. The van der Waals surface area contributed by atoms with Crippen LogP contribution < -0.4 is 0 Å². The topological polar surface area (TPSA) is 80.6 Å². The standard InChI is InChI=1S/C17H11F3N4O2S/c18-17(19,20)12-8-14(15-10-21-23-16(15)9-12)11-2-4-13(5-3-11)27(25,26)24-7-1-6-22-24/h1-10H,(H,21,23). The Kier molecular flexibility index (Phi) is 3.81. The van der Waals surface area contributed by atoms with Crippen molar-refractivity contribution in [2.75, 3.05) is 0 Å². The van der Waals surface area contributed by atoms with Gasteiger partial charge in [-0.3, -0.25) is 5.10 Å². The normalized spacial score (nSPS) is 12.6. The first-order chi connectivity index (χ1) is 12.8. The fourth-order valence-corrected chi connectivity index (χ4v) is 3.87. The summed E-state index contributed by atoms with van der Waals surface area (Å²) in [6.45, 7) is 0. The molecule has 10 heteroatoms. The Morgan fingerprint density at radius 2 is 1.81 bits per heavy atom. The van der Waals surface area contributed by atoms with E-state index in [2.05, 4.69) is 15.3 Å². The van der Waals surface area contributed by atoms with Crippen molar-refractivity contribution < 1.29 is 21.6 Å². The van der Waals surface area contributed by atoms with E-state index in [4.69, 9.17) is 0 Å². The number of hydrogen-bond acceptors (Lipinski definition) is 4. The van der Waals surface area contributed by atoms with E-state index >= 15 is 0 Å². The second-order valence-electron chi connectivity index (χ2n) is 5.76. The molecule has 0 radical (unpaired) electrons. The second kappa shape index (κ2) is 5.95. The van der Waals surface area contributed by atoms with Gasteiger partial charge in [-0.2, -0.15) is 35.9 Å². The summed E-state index contributed by atoms with van der Waals surface area (Å²) in [5.41, 5.74) is 0.166. The Hall–Kier alpha value is -3.14. The molecule has 0 bridgehead atoms. The fraction of sp³-hybridized carbons (Fsp3) is 0.0588. The van der Waals surface area contributed by atoms with Gasteiger partial charge >= 0.3 is 6.18 Å². The largest absolute Gasteiger partial charge is 0.416 e. The van der Waals surface area contributed by atoms with Crippen molar-refractivity contribution in [1.82, 2.24) is 19.4 Å². The predicted octanol–water partition coefficient (Wildman–Crippen LogP) is 3.68. The molecule has 138 valence electrons. The molecule has 0 aliphatic heterocycles. The van der Waals surface area contributed by atoms with Crippen molar-refractivity contribution >= 4 is 20.9 Å². The smallest absolute Gasteiger partial charge is 0.278 e. The molecule has 6 nitrogen and oxygen atoms in total. The number of aromatic amines is 1. The molecular formula is C17H11F3N4O2S. The molecule has 0 saturated carbocycles. The third-order valence-electron chi connectivity index (χ3n) is 4.08. The van der Waals surface area contributed by atoms with Crippen LogP contribution in [0.4, 0.5) is 13.2 Å². The quantitative estimate of drug-likeness (QED) is 0.577. The molecular weight excluding hydrogens is 381 g/mol. The number of rotatable bonds is 3. The van der Waals surface area contributed by atoms with Gasteiger partial charge in [0.2, 0.25) is 0 Å². The number of nitrogens with one attached hydrogen (secondary N) is 1. The highest BCUT2D eigenvalue weighted by atomic mass is 32.2. The van der Waals surface area contributed by atoms with E-state index in [0.717, 1.165) is 16.2 Å². The van der Waals surface area contributed by atoms with Gasteiger partial charge in [0.05, 0.1) is 28.4 Å². The minimum Gasteiger partial charge on any atom is -0.278 e. The number of nitrogens with zero attached hydrogens (tertiary/aromatic N) is 3. The molecule has 0 unspecified atom stereocenters. The van der Waals surface area contributed by atoms with E-state index < -0.39 is 21.8 Å². The molecule has 2 aromatic carbocycles. The third kappa shape index (κ3) is 2.97. The molecule has 4 aromatic rings. The molecule has 2 heterocycles. The summed E-state index contributed by atoms with van der Waals surface area (Å²) in [4.78, 5) is -0.0228. The van der Waals surface area contributed by atoms with Gasteiger partial charge in [-0.25, -0.2) is 0 Å². The van der Waals surface area contributed by atoms with Gasteiger partial charge in [0, 0.05) is 11.6 Å². The Morgan fingerprint density at radius 3 is 2.44 bits per heavy atom. The predicted molar refractivity (Wildman–Crippen MR) is 91.3 cm³/mol. The molecule has 0 atom stereocenters. The van der Waals surface area contributed by atoms with E-state index in [9.17, 15) is 21.6 Å². The van der Waals surface area contributed by atoms with Crippen LogP contribution >= 0.6 is 0 Å². The lowest BCUT2D eigenvalue weighted by molar-refractivity contribution is -0.137. The molecule has 0 saturated heterocycles. The van der Waals surface area contributed by atoms with Crippen LogP contribution in [-0.2, 0) is 16.2 Å². The van der Waals surface area contributed by atoms with Gasteiger partial charge in [0.15, 0.2) is 0 Å². The number of aromatic nitrogens is 4. The number of fused-ring (bicyclic) bond motifs is 1. The number of H-pyrrole nitrogens is 1. The highest BCUT2D eigenvalue weighted by Crippen LogP contribution is 2.36. The number of alkyl halides is 3. The molecule has 1 N–H and O–H groups in total. The Bertz CT molecular complexity index is 1210. The highest BCUT2D eigenvalue weighted by Gasteiger charge is 2.31. The van der Waals surface area contributed by atoms with E-state index in [-0.39, 0.29) is 10.4 Å². The van der Waals surface area contributed by atoms with E-state index in [1.54, 1.807) is 0 Å². The zero-order valence-electron chi connectivity index (χ0n) is 13.5. The number of benzene rings is 2. The first-order valence-electron chi connectivity index (χ1n) is 7.67. The summed E-state index contributed by atoms with van der Waals surface area (Å²) >= 11 is 0. The summed E-state index contributed by atoms with van der Waals surface area (Å²) < 4.78 is 65.2. The van der Waals surface area contributed by atoms with Crippen LogP contribution in [0.25, 0.3) is 22.0 Å². The maximum atomic E-state index is 13.2. The van der Waals surface area contributed by atoms with Crippen molar-refractivity contribution in [2.24, 2.45) is 0 Å². The molecule has 27 heavy (non-hydrogen) atoms. The van der Waals surface area contributed by atoms with Crippen molar-refractivity contribution in [2.45, 2.75) is 11.1 Å². The lowest BCUT2D eigenvalue weighted by Gasteiger charge is -2.11. The fourth-order valence-electron chi connectivity index (χ4n) is 2.77. The molecule has 0 fully saturated rings. The third-order valence-corrected chi connectivity index (χ3v) is 5.65. The second-order valence-corrected chi connectivity index (χ2v) is 7.56. The van der Waals surface area contributed by atoms with Crippen LogP contribution in [0.3, 0.4) is 0 Å². The van der Waals surface area contributed by atoms with Crippen LogP contribution in [0.2, 0.25) is 0 Å². The average Bonchev–Trinajstić information content (AvgIpc) is 3.32. The van der Waals surface area contributed by atoms with Crippen LogP contribution in [0.15, 0.2) is 66.0 Å². The summed E-state index contributed by atoms with van der Waals surface area (Å²) in [6, 6.07) is 9.06. The Labute approximate surface area is 151 Å². The monoisotopic (exact) mass is 392 g/mol. The van der Waals surface area contributed by atoms with Crippen LogP contribution in [0, 0.1) is 0 Å². The van der Waals surface area contributed by atoms with Crippen LogP contribution in [0.5, 0.6) is 0 Å². The van der Waals surface area contributed by atoms with E-state index in [1.165, 1.54) is 48.9 Å². The number of halogens is 3. The highest BCUT2D eigenvalue weighted by molar-refractivity contribution is 7.89. The summed E-state index contributed by atoms with van der Waals surface area (Å²) in [6.07, 6.45) is -0.452. The molecule has 0 amide bonds. The minimum absolute atomic E-state index is 0.0228. The lowest BCUT2D eigenvalue weighted by Crippen LogP contribution is -2.13. The zero-order chi connectivity index (χ0) is 19.2. The summed E-state index contributed by atoms with van der Waals surface area (Å²) in [5, 5.41) is 10.6. The van der Waals surface area contributed by atoms with Crippen LogP contribution in [0.1, 0.15) is 5.56 Å². The average molecular weight is 392 g/mol. The van der Waals surface area contributed by atoms with Gasteiger partial charge in [-0.15, -0.1) is 0 Å². The van der Waals surface area contributed by atoms with E-state index in [0.29, 0.717) is 16.5 Å². The van der Waals surface area contributed by atoms with Crippen molar-refractivity contribution in [1.29, 1.82) is 0 Å². The maximum absolute atomic E-state index is 13.2. The molecule has 2 aromatic heterocycles. The number of hydrogen-bond donors (Lipinski definition) is 1. The molecule has 0 spiro atoms. The molecule has 0 aliphatic rings. The first-order valence-corrected chi connectivity index (χ1v) is 9.11. The van der Waals surface area contributed by atoms with Crippen molar-refractivity contribution in [3.05, 3.63) is 66.6 Å². The van der Waals surface area contributed by atoms with Crippen molar-refractivity contribution in [3.8, 4) is 11.1 Å². The van der Waals surface area contributed by atoms with Gasteiger partial charge < -0.3 is 0 Å². The zero-order valence-corrected chi connectivity index (χ0v) is 14.3. The van der Waals surface area contributed by atoms with Crippen molar-refractivity contribution in [3.63, 3.8) is 0 Å². The van der Waals surface area contributed by atoms with Gasteiger partial charge in [0.25, 0.3) is 10.0 Å². The summed E-state index contributed by atoms with van der Waals surface area (Å²) in [5.74, 6) is 0. The van der Waals surface area contributed by atoms with Gasteiger partial charge in [0.1, 0.15) is 0 Å².